The molecular formula is C12H14O2. The second-order valence-corrected chi connectivity index (χ2v) is 3.28. The summed E-state index contributed by atoms with van der Waals surface area (Å²) in [6.07, 6.45) is 0. The van der Waals surface area contributed by atoms with Crippen molar-refractivity contribution in [3.63, 3.8) is 0 Å². The van der Waals surface area contributed by atoms with E-state index in [1.807, 2.05) is 19.1 Å². The summed E-state index contributed by atoms with van der Waals surface area (Å²) < 4.78 is 5.04. The minimum absolute atomic E-state index is 0.0204. The second kappa shape index (κ2) is 4.61. The van der Waals surface area contributed by atoms with Gasteiger partial charge >= 0.3 is 0 Å². The van der Waals surface area contributed by atoms with Crippen LogP contribution in [0, 0.1) is 6.92 Å². The van der Waals surface area contributed by atoms with Crippen LogP contribution in [0.15, 0.2) is 36.6 Å². The molecule has 0 radical (unpaired) electrons. The molecule has 14 heavy (non-hydrogen) atoms. The molecule has 0 saturated heterocycles. The SMILES string of the molecule is C=C(C)OCC(=O)c1ccc(C)cc1. The number of ether oxygens (including phenoxy) is 1. The van der Waals surface area contributed by atoms with Crippen LogP contribution in [0.3, 0.4) is 0 Å². The maximum Gasteiger partial charge on any atom is 0.200 e. The van der Waals surface area contributed by atoms with Crippen molar-refractivity contribution in [3.8, 4) is 0 Å². The molecule has 0 atom stereocenters. The van der Waals surface area contributed by atoms with Crippen LogP contribution in [0.5, 0.6) is 0 Å². The molecule has 0 heterocycles. The van der Waals surface area contributed by atoms with E-state index >= 15 is 0 Å². The molecule has 0 fully saturated rings. The summed E-state index contributed by atoms with van der Waals surface area (Å²) in [5.41, 5.74) is 1.82. The highest BCUT2D eigenvalue weighted by molar-refractivity contribution is 5.97. The van der Waals surface area contributed by atoms with Gasteiger partial charge < -0.3 is 4.74 Å². The minimum atomic E-state index is -0.0204. The van der Waals surface area contributed by atoms with Crippen LogP contribution in [0.2, 0.25) is 0 Å². The van der Waals surface area contributed by atoms with Crippen LogP contribution >= 0.6 is 0 Å². The van der Waals surface area contributed by atoms with E-state index in [1.54, 1.807) is 19.1 Å². The van der Waals surface area contributed by atoms with Crippen LogP contribution in [-0.4, -0.2) is 12.4 Å². The fourth-order valence-electron chi connectivity index (χ4n) is 1.01. The van der Waals surface area contributed by atoms with Gasteiger partial charge in [0.2, 0.25) is 0 Å². The first-order valence-corrected chi connectivity index (χ1v) is 4.48. The normalized spacial score (nSPS) is 9.57. The number of hydrogen-bond donors (Lipinski definition) is 0. The van der Waals surface area contributed by atoms with Crippen molar-refractivity contribution in [3.05, 3.63) is 47.7 Å². The Kier molecular flexibility index (Phi) is 3.46. The topological polar surface area (TPSA) is 26.3 Å². The molecular weight excluding hydrogens is 176 g/mol. The van der Waals surface area contributed by atoms with E-state index in [2.05, 4.69) is 6.58 Å². The number of rotatable bonds is 4. The van der Waals surface area contributed by atoms with Crippen LogP contribution in [0.25, 0.3) is 0 Å². The highest BCUT2D eigenvalue weighted by atomic mass is 16.5. The first-order valence-electron chi connectivity index (χ1n) is 4.48. The fourth-order valence-corrected chi connectivity index (χ4v) is 1.01. The van der Waals surface area contributed by atoms with Crippen molar-refractivity contribution in [2.75, 3.05) is 6.61 Å². The summed E-state index contributed by atoms with van der Waals surface area (Å²) in [6, 6.07) is 7.43. The Morgan fingerprint density at radius 2 is 1.93 bits per heavy atom. The lowest BCUT2D eigenvalue weighted by Crippen LogP contribution is -2.07. The van der Waals surface area contributed by atoms with Gasteiger partial charge in [-0.25, -0.2) is 0 Å². The lowest BCUT2D eigenvalue weighted by molar-refractivity contribution is 0.0864. The Hall–Kier alpha value is -1.57. The number of carbonyl (C=O) groups is 1. The van der Waals surface area contributed by atoms with Crippen molar-refractivity contribution in [2.24, 2.45) is 0 Å². The monoisotopic (exact) mass is 190 g/mol. The predicted molar refractivity (Wildman–Crippen MR) is 56.3 cm³/mol. The van der Waals surface area contributed by atoms with Crippen molar-refractivity contribution in [1.29, 1.82) is 0 Å². The number of Topliss-reactive ketones (excluding diaryl/α,β-unsaturated/α-hetero) is 1. The lowest BCUT2D eigenvalue weighted by atomic mass is 10.1. The molecule has 0 amide bonds. The van der Waals surface area contributed by atoms with Gasteiger partial charge in [0.15, 0.2) is 12.4 Å². The molecule has 0 aromatic heterocycles. The van der Waals surface area contributed by atoms with Crippen LogP contribution < -0.4 is 0 Å². The van der Waals surface area contributed by atoms with Crippen molar-refractivity contribution >= 4 is 5.78 Å². The van der Waals surface area contributed by atoms with E-state index < -0.39 is 0 Å². The van der Waals surface area contributed by atoms with E-state index in [0.717, 1.165) is 5.56 Å². The number of allylic oxidation sites excluding steroid dienone is 1. The summed E-state index contributed by atoms with van der Waals surface area (Å²) >= 11 is 0. The van der Waals surface area contributed by atoms with E-state index in [1.165, 1.54) is 0 Å². The van der Waals surface area contributed by atoms with Crippen LogP contribution in [-0.2, 0) is 4.74 Å². The minimum Gasteiger partial charge on any atom is -0.491 e. The molecule has 0 N–H and O–H groups in total. The van der Waals surface area contributed by atoms with E-state index in [-0.39, 0.29) is 12.4 Å². The lowest BCUT2D eigenvalue weighted by Gasteiger charge is -2.04. The van der Waals surface area contributed by atoms with Gasteiger partial charge in [-0.1, -0.05) is 36.4 Å². The van der Waals surface area contributed by atoms with Gasteiger partial charge in [-0.2, -0.15) is 0 Å². The maximum absolute atomic E-state index is 11.5. The molecule has 0 saturated carbocycles. The average molecular weight is 190 g/mol. The number of hydrogen-bond acceptors (Lipinski definition) is 2. The van der Waals surface area contributed by atoms with Crippen molar-refractivity contribution in [2.45, 2.75) is 13.8 Å². The Bertz CT molecular complexity index is 336. The summed E-state index contributed by atoms with van der Waals surface area (Å²) in [4.78, 5) is 11.5. The van der Waals surface area contributed by atoms with Gasteiger partial charge in [0.05, 0.1) is 5.76 Å². The molecule has 74 valence electrons. The fraction of sp³-hybridized carbons (Fsp3) is 0.250. The Morgan fingerprint density at radius 3 is 2.43 bits per heavy atom. The smallest absolute Gasteiger partial charge is 0.200 e. The van der Waals surface area contributed by atoms with Gasteiger partial charge in [0.1, 0.15) is 0 Å². The molecule has 0 spiro atoms. The van der Waals surface area contributed by atoms with Gasteiger partial charge in [0, 0.05) is 5.56 Å². The summed E-state index contributed by atoms with van der Waals surface area (Å²) in [5.74, 6) is 0.540. The zero-order valence-corrected chi connectivity index (χ0v) is 8.54. The molecule has 0 aliphatic rings. The number of ketones is 1. The first kappa shape index (κ1) is 10.5. The Morgan fingerprint density at radius 1 is 1.36 bits per heavy atom. The molecule has 2 heteroatoms. The first-order chi connectivity index (χ1) is 6.59. The van der Waals surface area contributed by atoms with E-state index in [0.29, 0.717) is 11.3 Å². The van der Waals surface area contributed by atoms with Gasteiger partial charge in [-0.3, -0.25) is 4.79 Å². The molecule has 0 unspecified atom stereocenters. The van der Waals surface area contributed by atoms with Gasteiger partial charge in [0.25, 0.3) is 0 Å². The Labute approximate surface area is 84.2 Å². The summed E-state index contributed by atoms with van der Waals surface area (Å²) in [5, 5.41) is 0. The second-order valence-electron chi connectivity index (χ2n) is 3.28. The zero-order valence-electron chi connectivity index (χ0n) is 8.54. The highest BCUT2D eigenvalue weighted by Crippen LogP contribution is 2.05. The van der Waals surface area contributed by atoms with Crippen molar-refractivity contribution in [1.82, 2.24) is 0 Å². The molecule has 0 aliphatic heterocycles. The van der Waals surface area contributed by atoms with Crippen LogP contribution in [0.1, 0.15) is 22.8 Å². The molecule has 1 aromatic carbocycles. The van der Waals surface area contributed by atoms with E-state index in [9.17, 15) is 4.79 Å². The standard InChI is InChI=1S/C12H14O2/c1-9(2)14-8-12(13)11-6-4-10(3)5-7-11/h4-7H,1,8H2,2-3H3. The molecule has 0 aliphatic carbocycles. The Balaban J connectivity index is 2.61. The molecule has 2 nitrogen and oxygen atoms in total. The maximum atomic E-state index is 11.5. The van der Waals surface area contributed by atoms with E-state index in [4.69, 9.17) is 4.74 Å². The third-order valence-corrected chi connectivity index (χ3v) is 1.82. The third kappa shape index (κ3) is 3.05. The number of aryl methyl sites for hydroxylation is 1. The third-order valence-electron chi connectivity index (χ3n) is 1.82. The zero-order chi connectivity index (χ0) is 10.6. The molecule has 1 aromatic rings. The molecule has 1 rings (SSSR count). The quantitative estimate of drug-likeness (QED) is 0.539. The summed E-state index contributed by atoms with van der Waals surface area (Å²) in [7, 11) is 0. The number of carbonyl (C=O) groups excluding carboxylic acids is 1. The van der Waals surface area contributed by atoms with Gasteiger partial charge in [-0.05, 0) is 13.8 Å². The van der Waals surface area contributed by atoms with Gasteiger partial charge in [-0.15, -0.1) is 0 Å². The van der Waals surface area contributed by atoms with Crippen LogP contribution in [0.4, 0.5) is 0 Å². The predicted octanol–water partition coefficient (Wildman–Crippen LogP) is 2.73. The largest absolute Gasteiger partial charge is 0.491 e. The molecule has 0 bridgehead atoms. The highest BCUT2D eigenvalue weighted by Gasteiger charge is 2.05. The van der Waals surface area contributed by atoms with Crippen molar-refractivity contribution < 1.29 is 9.53 Å². The summed E-state index contributed by atoms with van der Waals surface area (Å²) in [6.45, 7) is 7.34. The average Bonchev–Trinajstić information content (AvgIpc) is 2.15. The number of benzene rings is 1.